The fraction of sp³-hybridized carbons (Fsp3) is 0.143. The molecule has 2 N–H and O–H groups in total. The van der Waals surface area contributed by atoms with E-state index in [0.29, 0.717) is 6.61 Å². The van der Waals surface area contributed by atoms with Crippen molar-refractivity contribution in [2.75, 3.05) is 0 Å². The lowest BCUT2D eigenvalue weighted by molar-refractivity contribution is 0.296. The molecule has 0 radical (unpaired) electrons. The van der Waals surface area contributed by atoms with Gasteiger partial charge in [-0.15, -0.1) is 0 Å². The molecule has 58 valence electrons. The number of ether oxygens (including phenoxy) is 1. The first-order valence-corrected chi connectivity index (χ1v) is 3.51. The van der Waals surface area contributed by atoms with Crippen LogP contribution in [0.3, 0.4) is 0 Å². The fourth-order valence-corrected chi connectivity index (χ4v) is 0.692. The lowest BCUT2D eigenvalue weighted by atomic mass is 10.3. The molecule has 3 nitrogen and oxygen atoms in total. The molecule has 0 aliphatic carbocycles. The monoisotopic (exact) mass is 168 g/mol. The standard InChI is InChI=1S/C7H8N2OS/c8-7(11)10-5-6-1-3-9-4-2-6/h1-4H,5H2,(H2,8,11). The molecule has 0 aromatic carbocycles. The van der Waals surface area contributed by atoms with Crippen LogP contribution in [-0.4, -0.2) is 10.2 Å². The highest BCUT2D eigenvalue weighted by atomic mass is 32.1. The summed E-state index contributed by atoms with van der Waals surface area (Å²) in [6.45, 7) is 0.415. The Labute approximate surface area is 70.2 Å². The molecule has 1 rings (SSSR count). The highest BCUT2D eigenvalue weighted by Gasteiger charge is 1.91. The molecule has 0 unspecified atom stereocenters. The summed E-state index contributed by atoms with van der Waals surface area (Å²) in [6, 6.07) is 3.69. The highest BCUT2D eigenvalue weighted by molar-refractivity contribution is 7.80. The Morgan fingerprint density at radius 1 is 1.55 bits per heavy atom. The van der Waals surface area contributed by atoms with E-state index in [1.807, 2.05) is 12.1 Å². The molecule has 0 amide bonds. The lowest BCUT2D eigenvalue weighted by Crippen LogP contribution is -2.12. The number of thiocarbonyl (C=S) groups is 1. The maximum absolute atomic E-state index is 5.13. The second kappa shape index (κ2) is 3.88. The van der Waals surface area contributed by atoms with E-state index in [-0.39, 0.29) is 5.17 Å². The van der Waals surface area contributed by atoms with E-state index < -0.39 is 0 Å². The summed E-state index contributed by atoms with van der Waals surface area (Å²) in [6.07, 6.45) is 3.39. The van der Waals surface area contributed by atoms with Crippen molar-refractivity contribution in [3.8, 4) is 0 Å². The zero-order valence-corrected chi connectivity index (χ0v) is 6.67. The Bertz CT molecular complexity index is 237. The molecule has 0 aliphatic heterocycles. The van der Waals surface area contributed by atoms with E-state index in [2.05, 4.69) is 17.2 Å². The van der Waals surface area contributed by atoms with Crippen LogP contribution in [0.4, 0.5) is 0 Å². The quantitative estimate of drug-likeness (QED) is 0.665. The van der Waals surface area contributed by atoms with Crippen molar-refractivity contribution in [1.82, 2.24) is 4.98 Å². The van der Waals surface area contributed by atoms with Crippen LogP contribution in [0, 0.1) is 0 Å². The number of aromatic nitrogens is 1. The van der Waals surface area contributed by atoms with Crippen molar-refractivity contribution in [2.24, 2.45) is 5.73 Å². The molecule has 1 heterocycles. The summed E-state index contributed by atoms with van der Waals surface area (Å²) in [5.41, 5.74) is 6.14. The smallest absolute Gasteiger partial charge is 0.254 e. The van der Waals surface area contributed by atoms with Crippen LogP contribution in [0.2, 0.25) is 0 Å². The van der Waals surface area contributed by atoms with E-state index in [1.54, 1.807) is 12.4 Å². The second-order valence-electron chi connectivity index (χ2n) is 1.96. The first kappa shape index (κ1) is 7.94. The molecule has 1 aromatic rings. The molecule has 0 bridgehead atoms. The molecular weight excluding hydrogens is 160 g/mol. The van der Waals surface area contributed by atoms with Gasteiger partial charge in [0.15, 0.2) is 0 Å². The first-order valence-electron chi connectivity index (χ1n) is 3.10. The van der Waals surface area contributed by atoms with Crippen LogP contribution >= 0.6 is 12.2 Å². The molecular formula is C7H8N2OS. The van der Waals surface area contributed by atoms with Gasteiger partial charge in [-0.2, -0.15) is 0 Å². The van der Waals surface area contributed by atoms with Crippen molar-refractivity contribution in [2.45, 2.75) is 6.61 Å². The molecule has 0 aliphatic rings. The lowest BCUT2D eigenvalue weighted by Gasteiger charge is -2.01. The van der Waals surface area contributed by atoms with E-state index in [0.717, 1.165) is 5.56 Å². The maximum atomic E-state index is 5.13. The molecule has 0 atom stereocenters. The van der Waals surface area contributed by atoms with Gasteiger partial charge in [-0.25, -0.2) is 0 Å². The van der Waals surface area contributed by atoms with E-state index >= 15 is 0 Å². The van der Waals surface area contributed by atoms with Crippen LogP contribution in [0.15, 0.2) is 24.5 Å². The summed E-state index contributed by atoms with van der Waals surface area (Å²) in [4.78, 5) is 3.85. The molecule has 4 heteroatoms. The Morgan fingerprint density at radius 2 is 2.18 bits per heavy atom. The predicted octanol–water partition coefficient (Wildman–Crippen LogP) is 0.842. The van der Waals surface area contributed by atoms with E-state index in [9.17, 15) is 0 Å². The molecule has 11 heavy (non-hydrogen) atoms. The molecule has 0 saturated carbocycles. The second-order valence-corrected chi connectivity index (χ2v) is 2.37. The van der Waals surface area contributed by atoms with Gasteiger partial charge in [0.1, 0.15) is 6.61 Å². The minimum Gasteiger partial charge on any atom is -0.466 e. The summed E-state index contributed by atoms with van der Waals surface area (Å²) in [7, 11) is 0. The van der Waals surface area contributed by atoms with Crippen molar-refractivity contribution >= 4 is 17.4 Å². The van der Waals surface area contributed by atoms with Gasteiger partial charge < -0.3 is 10.5 Å². The van der Waals surface area contributed by atoms with E-state index in [4.69, 9.17) is 10.5 Å². The van der Waals surface area contributed by atoms with Crippen LogP contribution in [-0.2, 0) is 11.3 Å². The summed E-state index contributed by atoms with van der Waals surface area (Å²) in [5, 5.41) is 0.0711. The molecule has 0 fully saturated rings. The average Bonchev–Trinajstić information content (AvgIpc) is 2.03. The number of hydrogen-bond acceptors (Lipinski definition) is 3. The Kier molecular flexibility index (Phi) is 2.80. The average molecular weight is 168 g/mol. The van der Waals surface area contributed by atoms with Gasteiger partial charge in [0, 0.05) is 12.4 Å². The molecule has 0 spiro atoms. The van der Waals surface area contributed by atoms with Crippen molar-refractivity contribution in [3.05, 3.63) is 30.1 Å². The third-order valence-corrected chi connectivity index (χ3v) is 1.25. The maximum Gasteiger partial charge on any atom is 0.254 e. The minimum absolute atomic E-state index is 0.0711. The Hall–Kier alpha value is -1.16. The van der Waals surface area contributed by atoms with Gasteiger partial charge in [-0.05, 0) is 29.9 Å². The number of pyridine rings is 1. The van der Waals surface area contributed by atoms with Gasteiger partial charge in [-0.1, -0.05) is 0 Å². The predicted molar refractivity (Wildman–Crippen MR) is 45.8 cm³/mol. The van der Waals surface area contributed by atoms with Crippen molar-refractivity contribution in [3.63, 3.8) is 0 Å². The number of rotatable bonds is 2. The van der Waals surface area contributed by atoms with Gasteiger partial charge in [0.25, 0.3) is 5.17 Å². The van der Waals surface area contributed by atoms with Crippen molar-refractivity contribution < 1.29 is 4.74 Å². The fourth-order valence-electron chi connectivity index (χ4n) is 0.633. The van der Waals surface area contributed by atoms with Gasteiger partial charge in [0.05, 0.1) is 0 Å². The Balaban J connectivity index is 2.45. The first-order chi connectivity index (χ1) is 5.29. The minimum atomic E-state index is 0.0711. The number of hydrogen-bond donors (Lipinski definition) is 1. The third-order valence-electron chi connectivity index (χ3n) is 1.13. The zero-order valence-electron chi connectivity index (χ0n) is 5.86. The summed E-state index contributed by atoms with van der Waals surface area (Å²) in [5.74, 6) is 0. The topological polar surface area (TPSA) is 48.1 Å². The van der Waals surface area contributed by atoms with Gasteiger partial charge in [-0.3, -0.25) is 4.98 Å². The van der Waals surface area contributed by atoms with Gasteiger partial charge >= 0.3 is 0 Å². The van der Waals surface area contributed by atoms with Crippen LogP contribution in [0.5, 0.6) is 0 Å². The largest absolute Gasteiger partial charge is 0.466 e. The van der Waals surface area contributed by atoms with Crippen molar-refractivity contribution in [1.29, 1.82) is 0 Å². The highest BCUT2D eigenvalue weighted by Crippen LogP contribution is 1.97. The Morgan fingerprint density at radius 3 is 2.73 bits per heavy atom. The van der Waals surface area contributed by atoms with Crippen LogP contribution in [0.25, 0.3) is 0 Å². The van der Waals surface area contributed by atoms with Crippen LogP contribution < -0.4 is 5.73 Å². The van der Waals surface area contributed by atoms with E-state index in [1.165, 1.54) is 0 Å². The normalized spacial score (nSPS) is 9.09. The molecule has 0 saturated heterocycles. The SMILES string of the molecule is NC(=S)OCc1ccncc1. The summed E-state index contributed by atoms with van der Waals surface area (Å²) < 4.78 is 4.91. The molecule has 1 aromatic heterocycles. The number of nitrogens with zero attached hydrogens (tertiary/aromatic N) is 1. The summed E-state index contributed by atoms with van der Waals surface area (Å²) >= 11 is 4.53. The number of nitrogens with two attached hydrogens (primary N) is 1. The van der Waals surface area contributed by atoms with Crippen LogP contribution in [0.1, 0.15) is 5.56 Å². The van der Waals surface area contributed by atoms with Gasteiger partial charge in [0.2, 0.25) is 0 Å². The third kappa shape index (κ3) is 2.95. The zero-order chi connectivity index (χ0) is 8.10.